The highest BCUT2D eigenvalue weighted by Crippen LogP contribution is 2.33. The summed E-state index contributed by atoms with van der Waals surface area (Å²) in [5.41, 5.74) is 0. The molecule has 2 aliphatic heterocycles. The van der Waals surface area contributed by atoms with E-state index in [-0.39, 0.29) is 82.2 Å². The number of rotatable bonds is 24. The number of hydrogen-bond acceptors (Lipinski definition) is 10. The van der Waals surface area contributed by atoms with Gasteiger partial charge in [-0.15, -0.1) is 0 Å². The number of carbonyl (C=O) groups is 4. The molecule has 18 heteroatoms. The van der Waals surface area contributed by atoms with E-state index in [1.165, 1.54) is 0 Å². The van der Waals surface area contributed by atoms with Gasteiger partial charge in [0.25, 0.3) is 0 Å². The number of nitrogens with one attached hydrogen (secondary N) is 4. The summed E-state index contributed by atoms with van der Waals surface area (Å²) in [6, 6.07) is -0.395. The first kappa shape index (κ1) is 40.2. The molecule has 2 saturated heterocycles. The van der Waals surface area contributed by atoms with Gasteiger partial charge in [0.05, 0.1) is 71.4 Å². The number of halogens is 4. The third kappa shape index (κ3) is 13.9. The molecule has 4 N–H and O–H groups in total. The number of fused-ring (bicyclic) bond motifs is 1. The lowest BCUT2D eigenvalue weighted by atomic mass is 10.0. The zero-order chi connectivity index (χ0) is 35.6. The largest absolute Gasteiger partial charge is 0.420 e. The summed E-state index contributed by atoms with van der Waals surface area (Å²) in [6.45, 7) is 3.59. The van der Waals surface area contributed by atoms with Crippen molar-refractivity contribution in [2.24, 2.45) is 0 Å². The lowest BCUT2D eigenvalue weighted by Gasteiger charge is -2.18. The topological polar surface area (TPSA) is 163 Å². The van der Waals surface area contributed by atoms with Gasteiger partial charge in [-0.25, -0.2) is 13.6 Å². The predicted octanol–water partition coefficient (Wildman–Crippen LogP) is 2.34. The summed E-state index contributed by atoms with van der Waals surface area (Å²) >= 11 is 1.84. The predicted molar refractivity (Wildman–Crippen MR) is 169 cm³/mol. The molecule has 0 aromatic heterocycles. The van der Waals surface area contributed by atoms with Gasteiger partial charge in [-0.1, -0.05) is 13.3 Å². The fourth-order valence-electron chi connectivity index (χ4n) is 4.99. The van der Waals surface area contributed by atoms with Crippen molar-refractivity contribution in [3.05, 3.63) is 29.3 Å². The first-order valence-corrected chi connectivity index (χ1v) is 17.3. The van der Waals surface area contributed by atoms with E-state index in [2.05, 4.69) is 26.0 Å². The smallest absolute Gasteiger partial charge is 0.315 e. The number of carbonyl (C=O) groups excluding carboxylic acids is 4. The Morgan fingerprint density at radius 1 is 0.878 bits per heavy atom. The lowest BCUT2D eigenvalue weighted by molar-refractivity contribution is -0.136. The molecule has 49 heavy (non-hydrogen) atoms. The maximum absolute atomic E-state index is 13.5. The monoisotopic (exact) mass is 724 g/mol. The van der Waals surface area contributed by atoms with E-state index in [9.17, 15) is 36.7 Å². The van der Waals surface area contributed by atoms with Crippen LogP contribution in [0.4, 0.5) is 22.4 Å². The van der Waals surface area contributed by atoms with Gasteiger partial charge in [-0.2, -0.15) is 20.5 Å². The second kappa shape index (κ2) is 21.8. The minimum absolute atomic E-state index is 0.00914. The van der Waals surface area contributed by atoms with Gasteiger partial charge >= 0.3 is 12.0 Å². The Morgan fingerprint density at radius 3 is 2.12 bits per heavy atom. The first-order valence-electron chi connectivity index (χ1n) is 16.2. The fourth-order valence-corrected chi connectivity index (χ4v) is 6.53. The Kier molecular flexibility index (Phi) is 17.9. The Balaban J connectivity index is 1.09. The van der Waals surface area contributed by atoms with Crippen molar-refractivity contribution in [2.45, 2.75) is 68.8 Å². The molecule has 276 valence electrons. The van der Waals surface area contributed by atoms with Crippen molar-refractivity contribution in [3.63, 3.8) is 0 Å². The normalized spacial score (nSPS) is 18.8. The highest BCUT2D eigenvalue weighted by Gasteiger charge is 2.42. The summed E-state index contributed by atoms with van der Waals surface area (Å²) in [4.78, 5) is 48.0. The molecule has 1 aromatic rings. The average molecular weight is 725 g/mol. The van der Waals surface area contributed by atoms with E-state index < -0.39 is 47.5 Å². The maximum Gasteiger partial charge on any atom is 0.315 e. The molecule has 0 aliphatic carbocycles. The number of unbranched alkanes of at least 4 members (excludes halogenated alkanes) is 1. The average Bonchev–Trinajstić information content (AvgIpc) is 3.63. The molecule has 0 radical (unpaired) electrons. The van der Waals surface area contributed by atoms with Gasteiger partial charge in [0, 0.05) is 30.0 Å². The van der Waals surface area contributed by atoms with Crippen LogP contribution in [0.25, 0.3) is 0 Å². The van der Waals surface area contributed by atoms with Crippen LogP contribution in [-0.4, -0.2) is 112 Å². The molecule has 2 fully saturated rings. The van der Waals surface area contributed by atoms with Crippen molar-refractivity contribution < 1.29 is 60.4 Å². The Bertz CT molecular complexity index is 1230. The fraction of sp³-hybridized carbons (Fsp3) is 0.677. The van der Waals surface area contributed by atoms with Gasteiger partial charge in [0.1, 0.15) is 6.04 Å². The third-order valence-corrected chi connectivity index (χ3v) is 9.05. The molecule has 0 bridgehead atoms. The molecule has 0 spiro atoms. The quantitative estimate of drug-likeness (QED) is 0.0311. The number of urea groups is 1. The zero-order valence-electron chi connectivity index (χ0n) is 27.3. The van der Waals surface area contributed by atoms with Gasteiger partial charge in [0.15, 0.2) is 11.6 Å². The number of hydrogen-bond donors (Lipinski definition) is 4. The molecule has 13 nitrogen and oxygen atoms in total. The number of amides is 4. The molecule has 4 atom stereocenters. The van der Waals surface area contributed by atoms with Crippen LogP contribution in [-0.2, 0) is 33.3 Å². The van der Waals surface area contributed by atoms with Crippen molar-refractivity contribution >= 4 is 35.6 Å². The molecule has 4 amide bonds. The van der Waals surface area contributed by atoms with Crippen LogP contribution in [0.1, 0.15) is 45.4 Å². The highest BCUT2D eigenvalue weighted by molar-refractivity contribution is 8.00. The number of benzene rings is 1. The SMILES string of the molecule is CCC(NC(=O)CCCC[C@@H]1SC[C@@H]2NC(=O)N[C@@H]21)C(=O)NCCOCCOCCOCCOCCC(=O)Oc1c(F)c(F)cc(F)c1F. The Labute approximate surface area is 286 Å². The van der Waals surface area contributed by atoms with E-state index in [4.69, 9.17) is 18.9 Å². The number of thioether (sulfide) groups is 1. The van der Waals surface area contributed by atoms with Crippen LogP contribution in [0.3, 0.4) is 0 Å². The van der Waals surface area contributed by atoms with E-state index in [0.717, 1.165) is 18.6 Å². The molecule has 0 saturated carbocycles. The van der Waals surface area contributed by atoms with Gasteiger partial charge in [-0.05, 0) is 19.3 Å². The summed E-state index contributed by atoms with van der Waals surface area (Å²) in [5, 5.41) is 11.8. The lowest BCUT2D eigenvalue weighted by Crippen LogP contribution is -2.47. The van der Waals surface area contributed by atoms with Crippen molar-refractivity contribution in [3.8, 4) is 5.75 Å². The van der Waals surface area contributed by atoms with E-state index in [0.29, 0.717) is 37.7 Å². The molecule has 1 unspecified atom stereocenters. The zero-order valence-corrected chi connectivity index (χ0v) is 28.1. The molecule has 1 aromatic carbocycles. The molecule has 3 rings (SSSR count). The highest BCUT2D eigenvalue weighted by atomic mass is 32.2. The minimum atomic E-state index is -1.81. The standard InChI is InChI=1S/C31H44F4N4O9S/c1-2-21(37-24(40)6-4-3-5-23-28-22(18-49-23)38-31(43)39-28)30(42)36-8-10-45-12-14-47-16-15-46-13-11-44-9-7-25(41)48-29-26(34)19(32)17-20(33)27(29)35/h17,21-23,28H,2-16,18H2,1H3,(H,36,42)(H,37,40)(H2,38,39,43)/t21?,22-,23-,28-/m0/s1. The van der Waals surface area contributed by atoms with Crippen LogP contribution in [0.15, 0.2) is 6.07 Å². The minimum Gasteiger partial charge on any atom is -0.420 e. The first-order chi connectivity index (χ1) is 23.6. The van der Waals surface area contributed by atoms with Crippen LogP contribution >= 0.6 is 11.8 Å². The summed E-state index contributed by atoms with van der Waals surface area (Å²) in [5.74, 6) is -9.11. The molecule has 2 aliphatic rings. The van der Waals surface area contributed by atoms with Gasteiger partial charge in [0.2, 0.25) is 29.2 Å². The van der Waals surface area contributed by atoms with Crippen LogP contribution in [0.2, 0.25) is 0 Å². The number of esters is 1. The second-order valence-electron chi connectivity index (χ2n) is 11.2. The molecular formula is C31H44F4N4O9S. The van der Waals surface area contributed by atoms with Crippen LogP contribution < -0.4 is 26.0 Å². The Morgan fingerprint density at radius 2 is 1.49 bits per heavy atom. The van der Waals surface area contributed by atoms with Crippen molar-refractivity contribution in [1.29, 1.82) is 0 Å². The second-order valence-corrected chi connectivity index (χ2v) is 12.4. The van der Waals surface area contributed by atoms with Crippen LogP contribution in [0, 0.1) is 23.3 Å². The molecule has 2 heterocycles. The summed E-state index contributed by atoms with van der Waals surface area (Å²) in [6.07, 6.45) is 2.86. The Hall–Kier alpha value is -3.19. The maximum atomic E-state index is 13.5. The van der Waals surface area contributed by atoms with Gasteiger partial charge in [-0.3, -0.25) is 14.4 Å². The van der Waals surface area contributed by atoms with Crippen LogP contribution in [0.5, 0.6) is 5.75 Å². The van der Waals surface area contributed by atoms with E-state index in [1.54, 1.807) is 0 Å². The summed E-state index contributed by atoms with van der Waals surface area (Å²) < 4.78 is 79.1. The summed E-state index contributed by atoms with van der Waals surface area (Å²) in [7, 11) is 0. The van der Waals surface area contributed by atoms with Gasteiger partial charge < -0.3 is 45.0 Å². The van der Waals surface area contributed by atoms with Crippen molar-refractivity contribution in [2.75, 3.05) is 65.2 Å². The van der Waals surface area contributed by atoms with Crippen molar-refractivity contribution in [1.82, 2.24) is 21.3 Å². The molecular weight excluding hydrogens is 680 g/mol. The van der Waals surface area contributed by atoms with E-state index >= 15 is 0 Å². The third-order valence-electron chi connectivity index (χ3n) is 7.54. The number of ether oxygens (including phenoxy) is 5. The van der Waals surface area contributed by atoms with E-state index in [1.807, 2.05) is 18.7 Å².